The van der Waals surface area contributed by atoms with Crippen LogP contribution in [-0.2, 0) is 12.8 Å². The van der Waals surface area contributed by atoms with E-state index in [1.807, 2.05) is 19.9 Å². The minimum absolute atomic E-state index is 0.289. The first kappa shape index (κ1) is 10.4. The first-order valence-corrected chi connectivity index (χ1v) is 5.56. The predicted molar refractivity (Wildman–Crippen MR) is 62.8 cm³/mol. The lowest BCUT2D eigenvalue weighted by molar-refractivity contribution is 0.157. The summed E-state index contributed by atoms with van der Waals surface area (Å²) in [5.74, 6) is 0.372. The maximum Gasteiger partial charge on any atom is 0.0757 e. The van der Waals surface area contributed by atoms with Crippen molar-refractivity contribution in [3.05, 3.63) is 47.0 Å². The van der Waals surface area contributed by atoms with Crippen LogP contribution in [0.25, 0.3) is 0 Å². The molecular weight excluding hydrogens is 184 g/mol. The zero-order valence-corrected chi connectivity index (χ0v) is 9.40. The summed E-state index contributed by atoms with van der Waals surface area (Å²) < 4.78 is 0. The number of rotatable bonds is 2. The molecule has 0 saturated carbocycles. The van der Waals surface area contributed by atoms with Crippen LogP contribution in [0.5, 0.6) is 0 Å². The Bertz CT molecular complexity index is 350. The summed E-state index contributed by atoms with van der Waals surface area (Å²) in [5, 5.41) is 10.0. The third-order valence-electron chi connectivity index (χ3n) is 3.07. The number of allylic oxidation sites excluding steroid dienone is 1. The maximum absolute atomic E-state index is 10.0. The Balaban J connectivity index is 2.10. The number of benzene rings is 1. The molecule has 1 aromatic rings. The molecule has 1 aromatic carbocycles. The van der Waals surface area contributed by atoms with Crippen molar-refractivity contribution in [2.75, 3.05) is 0 Å². The van der Waals surface area contributed by atoms with Crippen LogP contribution in [0.4, 0.5) is 0 Å². The van der Waals surface area contributed by atoms with E-state index in [0.29, 0.717) is 5.92 Å². The SMILES string of the molecule is CC(C)=CC(O)C1Cc2ccccc2C1. The average molecular weight is 202 g/mol. The topological polar surface area (TPSA) is 20.2 Å². The molecule has 0 spiro atoms. The van der Waals surface area contributed by atoms with Crippen molar-refractivity contribution in [3.63, 3.8) is 0 Å². The van der Waals surface area contributed by atoms with Gasteiger partial charge in [-0.1, -0.05) is 35.9 Å². The van der Waals surface area contributed by atoms with Crippen LogP contribution < -0.4 is 0 Å². The lowest BCUT2D eigenvalue weighted by Crippen LogP contribution is -2.18. The number of aliphatic hydroxyl groups is 1. The minimum Gasteiger partial charge on any atom is -0.389 e. The van der Waals surface area contributed by atoms with E-state index in [1.54, 1.807) is 0 Å². The molecule has 1 nitrogen and oxygen atoms in total. The average Bonchev–Trinajstić information content (AvgIpc) is 2.59. The summed E-state index contributed by atoms with van der Waals surface area (Å²) in [6, 6.07) is 8.50. The molecule has 1 aliphatic rings. The van der Waals surface area contributed by atoms with Crippen LogP contribution in [0.1, 0.15) is 25.0 Å². The highest BCUT2D eigenvalue weighted by Gasteiger charge is 2.25. The summed E-state index contributed by atoms with van der Waals surface area (Å²) in [7, 11) is 0. The molecule has 0 fully saturated rings. The first-order chi connectivity index (χ1) is 7.16. The Kier molecular flexibility index (Phi) is 2.92. The summed E-state index contributed by atoms with van der Waals surface area (Å²) in [5.41, 5.74) is 4.01. The molecule has 0 saturated heterocycles. The molecular formula is C14H18O. The standard InChI is InChI=1S/C14H18O/c1-10(2)7-14(15)13-8-11-5-3-4-6-12(11)9-13/h3-7,13-15H,8-9H2,1-2H3. The van der Waals surface area contributed by atoms with Crippen LogP contribution >= 0.6 is 0 Å². The minimum atomic E-state index is -0.289. The van der Waals surface area contributed by atoms with Crippen LogP contribution in [0.3, 0.4) is 0 Å². The highest BCUT2D eigenvalue weighted by molar-refractivity contribution is 5.33. The van der Waals surface area contributed by atoms with E-state index < -0.39 is 0 Å². The van der Waals surface area contributed by atoms with Gasteiger partial charge in [-0.15, -0.1) is 0 Å². The second-order valence-corrected chi connectivity index (χ2v) is 4.67. The molecule has 1 heteroatoms. The van der Waals surface area contributed by atoms with Gasteiger partial charge in [0.25, 0.3) is 0 Å². The van der Waals surface area contributed by atoms with E-state index in [4.69, 9.17) is 0 Å². The first-order valence-electron chi connectivity index (χ1n) is 5.56. The number of fused-ring (bicyclic) bond motifs is 1. The predicted octanol–water partition coefficient (Wildman–Crippen LogP) is 2.73. The van der Waals surface area contributed by atoms with E-state index in [-0.39, 0.29) is 6.10 Å². The molecule has 0 aromatic heterocycles. The molecule has 15 heavy (non-hydrogen) atoms. The lowest BCUT2D eigenvalue weighted by atomic mass is 9.98. The van der Waals surface area contributed by atoms with Gasteiger partial charge in [-0.25, -0.2) is 0 Å². The van der Waals surface area contributed by atoms with Crippen molar-refractivity contribution < 1.29 is 5.11 Å². The summed E-state index contributed by atoms with van der Waals surface area (Å²) in [6.45, 7) is 4.07. The van der Waals surface area contributed by atoms with E-state index in [0.717, 1.165) is 12.8 Å². The molecule has 0 aliphatic heterocycles. The van der Waals surface area contributed by atoms with Crippen molar-refractivity contribution in [1.29, 1.82) is 0 Å². The zero-order chi connectivity index (χ0) is 10.8. The van der Waals surface area contributed by atoms with E-state index in [1.165, 1.54) is 16.7 Å². The van der Waals surface area contributed by atoms with Gasteiger partial charge in [0.1, 0.15) is 0 Å². The maximum atomic E-state index is 10.0. The van der Waals surface area contributed by atoms with Gasteiger partial charge < -0.3 is 5.11 Å². The van der Waals surface area contributed by atoms with Crippen LogP contribution in [0, 0.1) is 5.92 Å². The summed E-state index contributed by atoms with van der Waals surface area (Å²) in [4.78, 5) is 0. The van der Waals surface area contributed by atoms with Crippen LogP contribution in [-0.4, -0.2) is 11.2 Å². The van der Waals surface area contributed by atoms with E-state index in [2.05, 4.69) is 24.3 Å². The van der Waals surface area contributed by atoms with Gasteiger partial charge in [0.05, 0.1) is 6.10 Å². The number of hydrogen-bond acceptors (Lipinski definition) is 1. The number of hydrogen-bond donors (Lipinski definition) is 1. The Hall–Kier alpha value is -1.08. The third-order valence-corrected chi connectivity index (χ3v) is 3.07. The second kappa shape index (κ2) is 4.19. The summed E-state index contributed by atoms with van der Waals surface area (Å²) in [6.07, 6.45) is 3.71. The van der Waals surface area contributed by atoms with Crippen LogP contribution in [0.2, 0.25) is 0 Å². The molecule has 1 unspecified atom stereocenters. The Morgan fingerprint density at radius 3 is 2.27 bits per heavy atom. The smallest absolute Gasteiger partial charge is 0.0757 e. The lowest BCUT2D eigenvalue weighted by Gasteiger charge is -2.14. The van der Waals surface area contributed by atoms with Crippen molar-refractivity contribution in [3.8, 4) is 0 Å². The van der Waals surface area contributed by atoms with Crippen molar-refractivity contribution >= 4 is 0 Å². The van der Waals surface area contributed by atoms with Gasteiger partial charge in [0, 0.05) is 0 Å². The quantitative estimate of drug-likeness (QED) is 0.731. The normalized spacial score (nSPS) is 17.3. The van der Waals surface area contributed by atoms with Gasteiger partial charge in [0.15, 0.2) is 0 Å². The summed E-state index contributed by atoms with van der Waals surface area (Å²) >= 11 is 0. The Morgan fingerprint density at radius 1 is 1.27 bits per heavy atom. The molecule has 0 heterocycles. The molecule has 1 aliphatic carbocycles. The molecule has 2 rings (SSSR count). The fraction of sp³-hybridized carbons (Fsp3) is 0.429. The van der Waals surface area contributed by atoms with Crippen molar-refractivity contribution in [1.82, 2.24) is 0 Å². The van der Waals surface area contributed by atoms with Gasteiger partial charge in [-0.05, 0) is 43.7 Å². The fourth-order valence-electron chi connectivity index (χ4n) is 2.31. The molecule has 80 valence electrons. The molecule has 0 bridgehead atoms. The van der Waals surface area contributed by atoms with E-state index >= 15 is 0 Å². The Morgan fingerprint density at radius 2 is 1.80 bits per heavy atom. The molecule has 1 N–H and O–H groups in total. The van der Waals surface area contributed by atoms with E-state index in [9.17, 15) is 5.11 Å². The highest BCUT2D eigenvalue weighted by atomic mass is 16.3. The van der Waals surface area contributed by atoms with Gasteiger partial charge in [0.2, 0.25) is 0 Å². The molecule has 1 atom stereocenters. The molecule has 0 amide bonds. The van der Waals surface area contributed by atoms with Gasteiger partial charge >= 0.3 is 0 Å². The zero-order valence-electron chi connectivity index (χ0n) is 9.40. The molecule has 0 radical (unpaired) electrons. The second-order valence-electron chi connectivity index (χ2n) is 4.67. The number of aliphatic hydroxyl groups excluding tert-OH is 1. The monoisotopic (exact) mass is 202 g/mol. The van der Waals surface area contributed by atoms with Gasteiger partial charge in [-0.3, -0.25) is 0 Å². The third kappa shape index (κ3) is 2.29. The highest BCUT2D eigenvalue weighted by Crippen LogP contribution is 2.29. The van der Waals surface area contributed by atoms with Gasteiger partial charge in [-0.2, -0.15) is 0 Å². The van der Waals surface area contributed by atoms with Crippen LogP contribution in [0.15, 0.2) is 35.9 Å². The largest absolute Gasteiger partial charge is 0.389 e. The van der Waals surface area contributed by atoms with Crippen molar-refractivity contribution in [2.45, 2.75) is 32.8 Å². The fourth-order valence-corrected chi connectivity index (χ4v) is 2.31. The Labute approximate surface area is 91.4 Å². The van der Waals surface area contributed by atoms with Crippen molar-refractivity contribution in [2.24, 2.45) is 5.92 Å².